The Bertz CT molecular complexity index is 470. The monoisotopic (exact) mass is 278 g/mol. The predicted octanol–water partition coefficient (Wildman–Crippen LogP) is 2.30. The molecule has 2 rings (SSSR count). The van der Waals surface area contributed by atoms with Crippen molar-refractivity contribution in [2.75, 3.05) is 25.0 Å². The summed E-state index contributed by atoms with van der Waals surface area (Å²) < 4.78 is 0. The number of likely N-dealkylation sites (tertiary alicyclic amines) is 1. The van der Waals surface area contributed by atoms with Gasteiger partial charge in [0.1, 0.15) is 0 Å². The minimum Gasteiger partial charge on any atom is -0.351 e. The van der Waals surface area contributed by atoms with Crippen LogP contribution in [0.5, 0.6) is 0 Å². The molecular formula is C14H22N4O2. The van der Waals surface area contributed by atoms with Crippen LogP contribution in [0.4, 0.5) is 11.5 Å². The first-order chi connectivity index (χ1) is 9.50. The summed E-state index contributed by atoms with van der Waals surface area (Å²) in [6, 6.07) is 4.00. The second-order valence-electron chi connectivity index (χ2n) is 5.58. The van der Waals surface area contributed by atoms with E-state index >= 15 is 0 Å². The van der Waals surface area contributed by atoms with E-state index in [4.69, 9.17) is 0 Å². The lowest BCUT2D eigenvalue weighted by Crippen LogP contribution is -2.46. The predicted molar refractivity (Wildman–Crippen MR) is 79.0 cm³/mol. The van der Waals surface area contributed by atoms with Gasteiger partial charge in [-0.15, -0.1) is 0 Å². The standard InChI is InChI=1S/C14H22N4O2/c1-11(2)17-9-6-12(7-10-17)16(3)14-13(18(19)20)5-4-8-15-14/h4-5,8,11-12H,6-7,9-10H2,1-3H3. The number of piperidine rings is 1. The number of hydrogen-bond donors (Lipinski definition) is 0. The van der Waals surface area contributed by atoms with E-state index < -0.39 is 0 Å². The lowest BCUT2D eigenvalue weighted by atomic mass is 10.0. The van der Waals surface area contributed by atoms with Crippen molar-refractivity contribution in [2.45, 2.75) is 38.8 Å². The molecule has 1 aromatic heterocycles. The van der Waals surface area contributed by atoms with Gasteiger partial charge in [0.05, 0.1) is 4.92 Å². The number of hydrogen-bond acceptors (Lipinski definition) is 5. The van der Waals surface area contributed by atoms with Crippen molar-refractivity contribution in [2.24, 2.45) is 0 Å². The van der Waals surface area contributed by atoms with Crippen LogP contribution < -0.4 is 4.90 Å². The van der Waals surface area contributed by atoms with Gasteiger partial charge >= 0.3 is 5.69 Å². The molecule has 0 radical (unpaired) electrons. The zero-order chi connectivity index (χ0) is 14.7. The van der Waals surface area contributed by atoms with Gasteiger partial charge in [0.15, 0.2) is 0 Å². The molecule has 0 amide bonds. The number of rotatable bonds is 4. The maximum Gasteiger partial charge on any atom is 0.311 e. The summed E-state index contributed by atoms with van der Waals surface area (Å²) in [4.78, 5) is 19.3. The van der Waals surface area contributed by atoms with Gasteiger partial charge in [-0.25, -0.2) is 4.98 Å². The Balaban J connectivity index is 2.09. The Hall–Kier alpha value is -1.69. The van der Waals surface area contributed by atoms with Crippen LogP contribution in [0, 0.1) is 10.1 Å². The molecule has 0 atom stereocenters. The van der Waals surface area contributed by atoms with E-state index in [0.717, 1.165) is 25.9 Å². The van der Waals surface area contributed by atoms with Crippen LogP contribution in [-0.2, 0) is 0 Å². The second kappa shape index (κ2) is 6.17. The van der Waals surface area contributed by atoms with E-state index in [1.54, 1.807) is 12.3 Å². The largest absolute Gasteiger partial charge is 0.351 e. The Morgan fingerprint density at radius 3 is 2.65 bits per heavy atom. The van der Waals surface area contributed by atoms with Crippen LogP contribution in [0.2, 0.25) is 0 Å². The molecule has 1 saturated heterocycles. The normalized spacial score (nSPS) is 17.4. The van der Waals surface area contributed by atoms with Gasteiger partial charge in [-0.1, -0.05) is 0 Å². The molecule has 0 saturated carbocycles. The summed E-state index contributed by atoms with van der Waals surface area (Å²) >= 11 is 0. The van der Waals surface area contributed by atoms with Crippen molar-refractivity contribution in [1.29, 1.82) is 0 Å². The van der Waals surface area contributed by atoms with Crippen LogP contribution in [0.15, 0.2) is 18.3 Å². The van der Waals surface area contributed by atoms with Crippen LogP contribution in [-0.4, -0.2) is 47.0 Å². The lowest BCUT2D eigenvalue weighted by molar-refractivity contribution is -0.384. The third-order valence-electron chi connectivity index (χ3n) is 4.07. The van der Waals surface area contributed by atoms with Crippen LogP contribution in [0.25, 0.3) is 0 Å². The molecule has 0 N–H and O–H groups in total. The van der Waals surface area contributed by atoms with Crippen molar-refractivity contribution in [3.8, 4) is 0 Å². The van der Waals surface area contributed by atoms with E-state index in [0.29, 0.717) is 17.9 Å². The Morgan fingerprint density at radius 1 is 1.45 bits per heavy atom. The summed E-state index contributed by atoms with van der Waals surface area (Å²) in [5, 5.41) is 11.1. The molecular weight excluding hydrogens is 256 g/mol. The van der Waals surface area contributed by atoms with Gasteiger partial charge in [-0.2, -0.15) is 0 Å². The highest BCUT2D eigenvalue weighted by molar-refractivity contribution is 5.57. The molecule has 6 nitrogen and oxygen atoms in total. The first-order valence-electron chi connectivity index (χ1n) is 7.07. The van der Waals surface area contributed by atoms with Crippen molar-refractivity contribution >= 4 is 11.5 Å². The molecule has 20 heavy (non-hydrogen) atoms. The van der Waals surface area contributed by atoms with Gasteiger partial charge in [0.2, 0.25) is 5.82 Å². The van der Waals surface area contributed by atoms with Crippen molar-refractivity contribution < 1.29 is 4.92 Å². The van der Waals surface area contributed by atoms with Gasteiger partial charge < -0.3 is 9.80 Å². The van der Waals surface area contributed by atoms with E-state index in [-0.39, 0.29) is 10.6 Å². The third kappa shape index (κ3) is 3.07. The highest BCUT2D eigenvalue weighted by atomic mass is 16.6. The number of nitro groups is 1. The molecule has 110 valence electrons. The minimum atomic E-state index is -0.359. The molecule has 6 heteroatoms. The molecule has 0 spiro atoms. The first kappa shape index (κ1) is 14.7. The maximum atomic E-state index is 11.1. The van der Waals surface area contributed by atoms with E-state index in [1.807, 2.05) is 11.9 Å². The number of pyridine rings is 1. The molecule has 0 unspecified atom stereocenters. The Labute approximate surface area is 119 Å². The summed E-state index contributed by atoms with van der Waals surface area (Å²) in [7, 11) is 1.91. The van der Waals surface area contributed by atoms with E-state index in [2.05, 4.69) is 23.7 Å². The summed E-state index contributed by atoms with van der Waals surface area (Å²) in [6.07, 6.45) is 3.65. The summed E-state index contributed by atoms with van der Waals surface area (Å²) in [5.41, 5.74) is 0.0845. The number of aromatic nitrogens is 1. The van der Waals surface area contributed by atoms with Crippen molar-refractivity contribution in [3.05, 3.63) is 28.4 Å². The number of anilines is 1. The highest BCUT2D eigenvalue weighted by Crippen LogP contribution is 2.28. The van der Waals surface area contributed by atoms with E-state index in [1.165, 1.54) is 6.07 Å². The second-order valence-corrected chi connectivity index (χ2v) is 5.58. The zero-order valence-corrected chi connectivity index (χ0v) is 12.3. The van der Waals surface area contributed by atoms with E-state index in [9.17, 15) is 10.1 Å². The quantitative estimate of drug-likeness (QED) is 0.624. The average molecular weight is 278 g/mol. The fourth-order valence-corrected chi connectivity index (χ4v) is 2.77. The van der Waals surface area contributed by atoms with Gasteiger partial charge in [0, 0.05) is 44.5 Å². The fourth-order valence-electron chi connectivity index (χ4n) is 2.77. The Morgan fingerprint density at radius 2 is 2.10 bits per heavy atom. The molecule has 0 aromatic carbocycles. The van der Waals surface area contributed by atoms with Gasteiger partial charge in [-0.05, 0) is 32.8 Å². The maximum absolute atomic E-state index is 11.1. The topological polar surface area (TPSA) is 62.5 Å². The molecule has 1 aliphatic heterocycles. The van der Waals surface area contributed by atoms with Gasteiger partial charge in [-0.3, -0.25) is 10.1 Å². The SMILES string of the molecule is CC(C)N1CCC(N(C)c2ncccc2[N+](=O)[O-])CC1. The molecule has 1 aromatic rings. The summed E-state index contributed by atoms with van der Waals surface area (Å²) in [5.74, 6) is 0.473. The lowest BCUT2D eigenvalue weighted by Gasteiger charge is -2.38. The molecule has 0 bridgehead atoms. The highest BCUT2D eigenvalue weighted by Gasteiger charge is 2.27. The fraction of sp³-hybridized carbons (Fsp3) is 0.643. The van der Waals surface area contributed by atoms with Crippen molar-refractivity contribution in [3.63, 3.8) is 0 Å². The van der Waals surface area contributed by atoms with Crippen LogP contribution >= 0.6 is 0 Å². The third-order valence-corrected chi connectivity index (χ3v) is 4.07. The average Bonchev–Trinajstić information content (AvgIpc) is 2.46. The zero-order valence-electron chi connectivity index (χ0n) is 12.3. The van der Waals surface area contributed by atoms with Crippen LogP contribution in [0.1, 0.15) is 26.7 Å². The van der Waals surface area contributed by atoms with Gasteiger partial charge in [0.25, 0.3) is 0 Å². The minimum absolute atomic E-state index is 0.0845. The molecule has 2 heterocycles. The first-order valence-corrected chi connectivity index (χ1v) is 7.07. The molecule has 1 aliphatic rings. The number of nitrogens with zero attached hydrogens (tertiary/aromatic N) is 4. The summed E-state index contributed by atoms with van der Waals surface area (Å²) in [6.45, 7) is 6.47. The molecule has 0 aliphatic carbocycles. The van der Waals surface area contributed by atoms with Crippen LogP contribution in [0.3, 0.4) is 0 Å². The van der Waals surface area contributed by atoms with Crippen molar-refractivity contribution in [1.82, 2.24) is 9.88 Å². The Kier molecular flexibility index (Phi) is 4.54. The smallest absolute Gasteiger partial charge is 0.311 e. The molecule has 1 fully saturated rings.